The van der Waals surface area contributed by atoms with Crippen molar-refractivity contribution in [1.29, 1.82) is 0 Å². The number of hydrogen-bond acceptors (Lipinski definition) is 5. The van der Waals surface area contributed by atoms with Crippen molar-refractivity contribution in [2.24, 2.45) is 0 Å². The van der Waals surface area contributed by atoms with E-state index in [1.807, 2.05) is 54.6 Å². The first-order chi connectivity index (χ1) is 16.8. The fraction of sp³-hybridized carbons (Fsp3) is 0.207. The number of nitrogens with zero attached hydrogens (tertiary/aromatic N) is 1. The number of pyridine rings is 1. The fourth-order valence-corrected chi connectivity index (χ4v) is 4.11. The van der Waals surface area contributed by atoms with E-state index in [0.29, 0.717) is 36.8 Å². The Morgan fingerprint density at radius 1 is 0.618 bits per heavy atom. The van der Waals surface area contributed by atoms with Gasteiger partial charge in [0.1, 0.15) is 11.4 Å². The zero-order chi connectivity index (χ0) is 23.6. The summed E-state index contributed by atoms with van der Waals surface area (Å²) in [7, 11) is 0. The lowest BCUT2D eigenvalue weighted by Gasteiger charge is -2.36. The summed E-state index contributed by atoms with van der Waals surface area (Å²) in [5, 5.41) is 18.8. The van der Waals surface area contributed by atoms with Gasteiger partial charge in [0.25, 0.3) is 0 Å². The van der Waals surface area contributed by atoms with Crippen molar-refractivity contribution >= 4 is 0 Å². The van der Waals surface area contributed by atoms with Gasteiger partial charge in [0.2, 0.25) is 0 Å². The monoisotopic (exact) mass is 455 g/mol. The molecule has 3 aromatic carbocycles. The smallest absolute Gasteiger partial charge is 0.143 e. The highest BCUT2D eigenvalue weighted by atomic mass is 16.5. The van der Waals surface area contributed by atoms with Crippen LogP contribution in [0.2, 0.25) is 0 Å². The van der Waals surface area contributed by atoms with Crippen molar-refractivity contribution in [3.8, 4) is 5.75 Å². The summed E-state index contributed by atoms with van der Waals surface area (Å²) in [6.07, 6.45) is 0.652. The Balaban J connectivity index is 1.55. The Morgan fingerprint density at radius 3 is 1.47 bits per heavy atom. The Bertz CT molecular complexity index is 1030. The molecule has 0 atom stereocenters. The number of ether oxygens (including phenoxy) is 2. The van der Waals surface area contributed by atoms with Crippen LogP contribution in [0.25, 0.3) is 0 Å². The average molecular weight is 456 g/mol. The molecule has 0 aliphatic rings. The van der Waals surface area contributed by atoms with E-state index < -0.39 is 5.60 Å². The van der Waals surface area contributed by atoms with Gasteiger partial charge in [-0.1, -0.05) is 91.0 Å². The van der Waals surface area contributed by atoms with Crippen molar-refractivity contribution in [3.63, 3.8) is 0 Å². The molecule has 0 saturated heterocycles. The molecule has 0 radical (unpaired) electrons. The Labute approximate surface area is 200 Å². The predicted molar refractivity (Wildman–Crippen MR) is 131 cm³/mol. The van der Waals surface area contributed by atoms with Gasteiger partial charge in [0.05, 0.1) is 37.8 Å². The van der Waals surface area contributed by atoms with Gasteiger partial charge < -0.3 is 19.7 Å². The number of aromatic nitrogens is 1. The van der Waals surface area contributed by atoms with E-state index in [2.05, 4.69) is 41.4 Å². The molecule has 0 saturated carbocycles. The van der Waals surface area contributed by atoms with Crippen LogP contribution in [0, 0.1) is 0 Å². The molecule has 5 nitrogen and oxygen atoms in total. The van der Waals surface area contributed by atoms with Crippen LogP contribution in [0.1, 0.15) is 34.5 Å². The van der Waals surface area contributed by atoms with E-state index in [-0.39, 0.29) is 13.2 Å². The average Bonchev–Trinajstić information content (AvgIpc) is 2.92. The summed E-state index contributed by atoms with van der Waals surface area (Å²) in [5.74, 6) is 0.573. The van der Waals surface area contributed by atoms with Crippen LogP contribution in [0.15, 0.2) is 103 Å². The molecule has 0 spiro atoms. The van der Waals surface area contributed by atoms with Gasteiger partial charge in [0.15, 0.2) is 0 Å². The van der Waals surface area contributed by atoms with Gasteiger partial charge >= 0.3 is 0 Å². The molecule has 4 rings (SSSR count). The molecule has 1 aromatic heterocycles. The van der Waals surface area contributed by atoms with E-state index in [1.54, 1.807) is 12.1 Å². The molecule has 2 N–H and O–H groups in total. The van der Waals surface area contributed by atoms with Crippen molar-refractivity contribution in [2.45, 2.75) is 25.2 Å². The van der Waals surface area contributed by atoms with Crippen LogP contribution < -0.4 is 4.74 Å². The third-order valence-electron chi connectivity index (χ3n) is 5.65. The standard InChI is InChI=1S/C29H29NO4/c31-21-26-19-28(20-27(22-32)30-26)33-17-10-18-34-29(23-11-4-1-5-12-23,24-13-6-2-7-14-24)25-15-8-3-9-16-25/h1-9,11-16,19-20,31-32H,10,17-18,21-22H2. The summed E-state index contributed by atoms with van der Waals surface area (Å²) >= 11 is 0. The molecule has 0 aliphatic heterocycles. The summed E-state index contributed by atoms with van der Waals surface area (Å²) < 4.78 is 12.6. The molecule has 4 aromatic rings. The lowest BCUT2D eigenvalue weighted by Crippen LogP contribution is -2.33. The molecular formula is C29H29NO4. The number of benzene rings is 3. The Hall–Kier alpha value is -3.51. The van der Waals surface area contributed by atoms with E-state index in [0.717, 1.165) is 16.7 Å². The number of rotatable bonds is 11. The SMILES string of the molecule is OCc1cc(OCCCOC(c2ccccc2)(c2ccccc2)c2ccccc2)cc(CO)n1. The Morgan fingerprint density at radius 2 is 1.06 bits per heavy atom. The van der Waals surface area contributed by atoms with Gasteiger partial charge in [-0.25, -0.2) is 0 Å². The highest BCUT2D eigenvalue weighted by Crippen LogP contribution is 2.40. The van der Waals surface area contributed by atoms with Crippen molar-refractivity contribution in [3.05, 3.63) is 131 Å². The first kappa shape index (κ1) is 23.6. The lowest BCUT2D eigenvalue weighted by atomic mass is 9.80. The maximum Gasteiger partial charge on any atom is 0.143 e. The normalized spacial score (nSPS) is 11.4. The minimum absolute atomic E-state index is 0.207. The fourth-order valence-electron chi connectivity index (χ4n) is 4.11. The third kappa shape index (κ3) is 5.34. The van der Waals surface area contributed by atoms with Crippen molar-refractivity contribution in [1.82, 2.24) is 4.98 Å². The predicted octanol–water partition coefficient (Wildman–Crippen LogP) is 4.84. The molecule has 174 valence electrons. The quantitative estimate of drug-likeness (QED) is 0.250. The highest BCUT2D eigenvalue weighted by molar-refractivity contribution is 5.47. The van der Waals surface area contributed by atoms with E-state index in [4.69, 9.17) is 9.47 Å². The summed E-state index contributed by atoms with van der Waals surface area (Å²) in [6.45, 7) is 0.472. The lowest BCUT2D eigenvalue weighted by molar-refractivity contribution is 0.00712. The van der Waals surface area contributed by atoms with Gasteiger partial charge in [-0.2, -0.15) is 0 Å². The van der Waals surface area contributed by atoms with Crippen LogP contribution in [-0.2, 0) is 23.6 Å². The van der Waals surface area contributed by atoms with E-state index in [1.165, 1.54) is 0 Å². The molecule has 0 bridgehead atoms. The topological polar surface area (TPSA) is 71.8 Å². The van der Waals surface area contributed by atoms with Gasteiger partial charge in [-0.3, -0.25) is 4.98 Å². The Kier molecular flexibility index (Phi) is 8.04. The van der Waals surface area contributed by atoms with E-state index >= 15 is 0 Å². The van der Waals surface area contributed by atoms with Gasteiger partial charge in [-0.05, 0) is 16.7 Å². The minimum Gasteiger partial charge on any atom is -0.493 e. The van der Waals surface area contributed by atoms with Crippen LogP contribution >= 0.6 is 0 Å². The molecule has 0 amide bonds. The second-order valence-electron chi connectivity index (χ2n) is 7.93. The molecule has 0 unspecified atom stereocenters. The zero-order valence-corrected chi connectivity index (χ0v) is 19.0. The second kappa shape index (κ2) is 11.6. The van der Waals surface area contributed by atoms with Crippen molar-refractivity contribution in [2.75, 3.05) is 13.2 Å². The summed E-state index contributed by atoms with van der Waals surface area (Å²) in [4.78, 5) is 4.14. The van der Waals surface area contributed by atoms with E-state index in [9.17, 15) is 10.2 Å². The maximum atomic E-state index is 9.39. The molecule has 34 heavy (non-hydrogen) atoms. The zero-order valence-electron chi connectivity index (χ0n) is 19.0. The van der Waals surface area contributed by atoms with Crippen LogP contribution in [0.4, 0.5) is 0 Å². The number of aliphatic hydroxyl groups excluding tert-OH is 2. The number of hydrogen-bond donors (Lipinski definition) is 2. The summed E-state index contributed by atoms with van der Waals surface area (Å²) in [6, 6.07) is 34.2. The third-order valence-corrected chi connectivity index (χ3v) is 5.65. The molecule has 0 aliphatic carbocycles. The molecule has 0 fully saturated rings. The first-order valence-electron chi connectivity index (χ1n) is 11.4. The minimum atomic E-state index is -0.755. The molecular weight excluding hydrogens is 426 g/mol. The van der Waals surface area contributed by atoms with Gasteiger partial charge in [-0.15, -0.1) is 0 Å². The first-order valence-corrected chi connectivity index (χ1v) is 11.4. The van der Waals surface area contributed by atoms with Crippen molar-refractivity contribution < 1.29 is 19.7 Å². The number of aliphatic hydroxyl groups is 2. The van der Waals surface area contributed by atoms with Crippen LogP contribution in [-0.4, -0.2) is 28.4 Å². The van der Waals surface area contributed by atoms with Crippen LogP contribution in [0.5, 0.6) is 5.75 Å². The largest absolute Gasteiger partial charge is 0.493 e. The maximum absolute atomic E-state index is 9.39. The van der Waals surface area contributed by atoms with Crippen LogP contribution in [0.3, 0.4) is 0 Å². The molecule has 1 heterocycles. The highest BCUT2D eigenvalue weighted by Gasteiger charge is 2.37. The summed E-state index contributed by atoms with van der Waals surface area (Å²) in [5.41, 5.74) is 3.35. The second-order valence-corrected chi connectivity index (χ2v) is 7.93. The van der Waals surface area contributed by atoms with Gasteiger partial charge in [0, 0.05) is 18.6 Å². The molecule has 5 heteroatoms.